The molecule has 0 bridgehead atoms. The summed E-state index contributed by atoms with van der Waals surface area (Å²) in [6.07, 6.45) is 7.50. The maximum Gasteiger partial charge on any atom is 0.329 e. The zero-order valence-corrected chi connectivity index (χ0v) is 18.9. The lowest BCUT2D eigenvalue weighted by Gasteiger charge is -2.38. The van der Waals surface area contributed by atoms with Gasteiger partial charge in [-0.1, -0.05) is 25.3 Å². The summed E-state index contributed by atoms with van der Waals surface area (Å²) in [6, 6.07) is 5.30. The Kier molecular flexibility index (Phi) is 5.80. The second-order valence-corrected chi connectivity index (χ2v) is 9.62. The molecule has 0 spiro atoms. The summed E-state index contributed by atoms with van der Waals surface area (Å²) < 4.78 is 3.22. The van der Waals surface area contributed by atoms with Crippen molar-refractivity contribution in [3.8, 4) is 0 Å². The summed E-state index contributed by atoms with van der Waals surface area (Å²) >= 11 is 0. The molecule has 32 heavy (non-hydrogen) atoms. The second kappa shape index (κ2) is 8.73. The van der Waals surface area contributed by atoms with Crippen molar-refractivity contribution in [1.82, 2.24) is 19.4 Å². The third-order valence-corrected chi connectivity index (χ3v) is 7.56. The molecule has 8 nitrogen and oxygen atoms in total. The summed E-state index contributed by atoms with van der Waals surface area (Å²) in [5.74, 6) is 0.186. The molecule has 172 valence electrons. The van der Waals surface area contributed by atoms with E-state index in [1.165, 1.54) is 38.6 Å². The van der Waals surface area contributed by atoms with Gasteiger partial charge in [0.1, 0.15) is 6.04 Å². The SMILES string of the molecule is Cn1c(=O)n([C@H]2CCC(=O)NC2=O)c2cccc(N3CCN(CC4CCCCC4)CC3)c21. The van der Waals surface area contributed by atoms with E-state index in [0.717, 1.165) is 48.8 Å². The number of nitrogens with one attached hydrogen (secondary N) is 1. The molecule has 1 N–H and O–H groups in total. The average Bonchev–Trinajstić information content (AvgIpc) is 3.06. The van der Waals surface area contributed by atoms with Crippen molar-refractivity contribution >= 4 is 28.5 Å². The largest absolute Gasteiger partial charge is 0.367 e. The van der Waals surface area contributed by atoms with Gasteiger partial charge in [0.2, 0.25) is 11.8 Å². The van der Waals surface area contributed by atoms with Crippen LogP contribution in [-0.2, 0) is 16.6 Å². The van der Waals surface area contributed by atoms with Gasteiger partial charge in [-0.05, 0) is 37.3 Å². The van der Waals surface area contributed by atoms with E-state index in [1.807, 2.05) is 12.1 Å². The standard InChI is InChI=1S/C24H33N5O3/c1-26-22-18(28-14-12-27(13-15-28)16-17-6-3-2-4-7-17)8-5-9-19(22)29(24(26)32)20-10-11-21(30)25-23(20)31/h5,8-9,17,20H,2-4,6-7,10-16H2,1H3,(H,25,30,31)/t20-/m0/s1. The van der Waals surface area contributed by atoms with Crippen molar-refractivity contribution in [2.45, 2.75) is 51.0 Å². The lowest BCUT2D eigenvalue weighted by molar-refractivity contribution is -0.135. The molecule has 3 heterocycles. The van der Waals surface area contributed by atoms with Gasteiger partial charge >= 0.3 is 5.69 Å². The molecule has 1 saturated carbocycles. The van der Waals surface area contributed by atoms with E-state index in [1.54, 1.807) is 16.2 Å². The predicted molar refractivity (Wildman–Crippen MR) is 124 cm³/mol. The predicted octanol–water partition coefficient (Wildman–Crippen LogP) is 2.02. The monoisotopic (exact) mass is 439 g/mol. The highest BCUT2D eigenvalue weighted by atomic mass is 16.2. The van der Waals surface area contributed by atoms with E-state index in [-0.39, 0.29) is 18.0 Å². The van der Waals surface area contributed by atoms with Gasteiger partial charge < -0.3 is 4.90 Å². The van der Waals surface area contributed by atoms with Crippen LogP contribution in [0.4, 0.5) is 5.69 Å². The van der Waals surface area contributed by atoms with Gasteiger partial charge in [0.25, 0.3) is 0 Å². The molecule has 3 aliphatic rings. The molecule has 0 unspecified atom stereocenters. The quantitative estimate of drug-likeness (QED) is 0.738. The van der Waals surface area contributed by atoms with Gasteiger partial charge in [-0.15, -0.1) is 0 Å². The zero-order valence-electron chi connectivity index (χ0n) is 18.9. The van der Waals surface area contributed by atoms with Crippen LogP contribution < -0.4 is 15.9 Å². The van der Waals surface area contributed by atoms with Crippen LogP contribution in [0.3, 0.4) is 0 Å². The van der Waals surface area contributed by atoms with Crippen molar-refractivity contribution in [2.24, 2.45) is 13.0 Å². The van der Waals surface area contributed by atoms with Gasteiger partial charge in [-0.3, -0.25) is 28.9 Å². The Bertz CT molecular complexity index is 1070. The first kappa shape index (κ1) is 21.2. The van der Waals surface area contributed by atoms with Crippen LogP contribution in [0.2, 0.25) is 0 Å². The van der Waals surface area contributed by atoms with Crippen molar-refractivity contribution in [3.63, 3.8) is 0 Å². The molecule has 0 radical (unpaired) electrons. The first-order valence-electron chi connectivity index (χ1n) is 12.0. The zero-order chi connectivity index (χ0) is 22.2. The van der Waals surface area contributed by atoms with E-state index >= 15 is 0 Å². The van der Waals surface area contributed by atoms with Crippen molar-refractivity contribution in [2.75, 3.05) is 37.6 Å². The molecule has 2 aliphatic heterocycles. The fraction of sp³-hybridized carbons (Fsp3) is 0.625. The van der Waals surface area contributed by atoms with E-state index in [0.29, 0.717) is 6.42 Å². The number of para-hydroxylation sites is 1. The van der Waals surface area contributed by atoms with Crippen LogP contribution in [0.5, 0.6) is 0 Å². The average molecular weight is 440 g/mol. The minimum absolute atomic E-state index is 0.210. The number of rotatable bonds is 4. The number of imidazole rings is 1. The molecule has 1 aromatic heterocycles. The van der Waals surface area contributed by atoms with E-state index in [4.69, 9.17) is 0 Å². The fourth-order valence-corrected chi connectivity index (χ4v) is 5.81. The van der Waals surface area contributed by atoms with Crippen molar-refractivity contribution in [1.29, 1.82) is 0 Å². The smallest absolute Gasteiger partial charge is 0.329 e. The molecule has 2 aromatic rings. The first-order valence-corrected chi connectivity index (χ1v) is 12.0. The molecule has 1 aromatic carbocycles. The molecule has 3 fully saturated rings. The Balaban J connectivity index is 1.38. The van der Waals surface area contributed by atoms with E-state index in [2.05, 4.69) is 21.2 Å². The van der Waals surface area contributed by atoms with E-state index in [9.17, 15) is 14.4 Å². The van der Waals surface area contributed by atoms with Crippen LogP contribution in [0.25, 0.3) is 11.0 Å². The van der Waals surface area contributed by atoms with Gasteiger partial charge in [-0.2, -0.15) is 0 Å². The Morgan fingerprint density at radius 2 is 1.72 bits per heavy atom. The maximum absolute atomic E-state index is 13.2. The number of piperazine rings is 1. The van der Waals surface area contributed by atoms with Gasteiger partial charge in [-0.25, -0.2) is 4.79 Å². The number of imide groups is 1. The molecule has 8 heteroatoms. The van der Waals surface area contributed by atoms with E-state index < -0.39 is 11.9 Å². The number of carbonyl (C=O) groups excluding carboxylic acids is 2. The normalized spacial score (nSPS) is 23.7. The highest BCUT2D eigenvalue weighted by Gasteiger charge is 2.32. The number of amides is 2. The summed E-state index contributed by atoms with van der Waals surface area (Å²) in [6.45, 7) is 5.15. The Morgan fingerprint density at radius 1 is 0.969 bits per heavy atom. The van der Waals surface area contributed by atoms with Crippen LogP contribution in [0, 0.1) is 5.92 Å². The van der Waals surface area contributed by atoms with Crippen LogP contribution in [0.15, 0.2) is 23.0 Å². The summed E-state index contributed by atoms with van der Waals surface area (Å²) in [4.78, 5) is 42.2. The van der Waals surface area contributed by atoms with Gasteiger partial charge in [0, 0.05) is 46.2 Å². The Hall–Kier alpha value is -2.61. The molecule has 1 aliphatic carbocycles. The topological polar surface area (TPSA) is 79.6 Å². The van der Waals surface area contributed by atoms with Crippen molar-refractivity contribution in [3.05, 3.63) is 28.7 Å². The maximum atomic E-state index is 13.2. The summed E-state index contributed by atoms with van der Waals surface area (Å²) in [5.41, 5.74) is 2.46. The summed E-state index contributed by atoms with van der Waals surface area (Å²) in [7, 11) is 1.77. The molecular weight excluding hydrogens is 406 g/mol. The first-order chi connectivity index (χ1) is 15.5. The third kappa shape index (κ3) is 3.85. The summed E-state index contributed by atoms with van der Waals surface area (Å²) in [5, 5.41) is 2.38. The van der Waals surface area contributed by atoms with Crippen LogP contribution in [0.1, 0.15) is 51.0 Å². The minimum Gasteiger partial charge on any atom is -0.367 e. The van der Waals surface area contributed by atoms with Crippen molar-refractivity contribution < 1.29 is 9.59 Å². The number of fused-ring (bicyclic) bond motifs is 1. The number of benzene rings is 1. The van der Waals surface area contributed by atoms with Crippen LogP contribution in [-0.4, -0.2) is 58.6 Å². The van der Waals surface area contributed by atoms with Gasteiger partial charge in [0.15, 0.2) is 0 Å². The number of aryl methyl sites for hydroxylation is 1. The number of nitrogens with zero attached hydrogens (tertiary/aromatic N) is 4. The number of hydrogen-bond acceptors (Lipinski definition) is 5. The van der Waals surface area contributed by atoms with Crippen LogP contribution >= 0.6 is 0 Å². The minimum atomic E-state index is -0.647. The number of aromatic nitrogens is 2. The highest BCUT2D eigenvalue weighted by molar-refractivity contribution is 6.00. The Labute approximate surface area is 188 Å². The number of hydrogen-bond donors (Lipinski definition) is 1. The lowest BCUT2D eigenvalue weighted by Crippen LogP contribution is -2.48. The third-order valence-electron chi connectivity index (χ3n) is 7.56. The molecule has 1 atom stereocenters. The fourth-order valence-electron chi connectivity index (χ4n) is 5.81. The Morgan fingerprint density at radius 3 is 2.44 bits per heavy atom. The highest BCUT2D eigenvalue weighted by Crippen LogP contribution is 2.31. The number of carbonyl (C=O) groups is 2. The molecule has 2 amide bonds. The number of anilines is 1. The number of piperidine rings is 1. The second-order valence-electron chi connectivity index (χ2n) is 9.62. The molecular formula is C24H33N5O3. The van der Waals surface area contributed by atoms with Gasteiger partial charge in [0.05, 0.1) is 16.7 Å². The molecule has 2 saturated heterocycles. The molecule has 5 rings (SSSR count). The lowest BCUT2D eigenvalue weighted by atomic mass is 9.89.